The number of pyridine rings is 1. The second kappa shape index (κ2) is 9.02. The number of ether oxygens (including phenoxy) is 1. The van der Waals surface area contributed by atoms with Gasteiger partial charge in [0.2, 0.25) is 0 Å². The van der Waals surface area contributed by atoms with Crippen molar-refractivity contribution in [2.45, 2.75) is 24.9 Å². The van der Waals surface area contributed by atoms with E-state index < -0.39 is 0 Å². The minimum absolute atomic E-state index is 0.543. The molecule has 0 aliphatic carbocycles. The topological polar surface area (TPSA) is 76.6 Å². The maximum atomic E-state index is 8.71. The summed E-state index contributed by atoms with van der Waals surface area (Å²) in [5, 5.41) is 18.3. The summed E-state index contributed by atoms with van der Waals surface area (Å²) in [5.74, 6) is 2.41. The quantitative estimate of drug-likeness (QED) is 0.441. The Morgan fingerprint density at radius 1 is 1.12 bits per heavy atom. The third kappa shape index (κ3) is 4.21. The molecule has 3 rings (SSSR count). The maximum Gasteiger partial charge on any atom is 0.196 e. The van der Waals surface area contributed by atoms with E-state index in [1.165, 1.54) is 0 Å². The van der Waals surface area contributed by atoms with Gasteiger partial charge in [-0.2, -0.15) is 5.26 Å². The molecule has 2 aromatic heterocycles. The average molecular weight is 365 g/mol. The standard InChI is InChI=1S/C19H19N5OS/c1-2-25-17-7-5-16(6-8-17)24-18(15-9-12-21-13-10-15)22-23-19(24)26-14-4-3-11-20/h5-10,12-13H,2-4,14H2,1H3. The molecule has 2 heterocycles. The number of hydrogen-bond acceptors (Lipinski definition) is 6. The molecule has 0 saturated carbocycles. The molecule has 0 saturated heterocycles. The van der Waals surface area contributed by atoms with Gasteiger partial charge in [-0.15, -0.1) is 10.2 Å². The molecule has 0 aliphatic rings. The number of benzene rings is 1. The molecule has 0 atom stereocenters. The van der Waals surface area contributed by atoms with E-state index in [2.05, 4.69) is 21.3 Å². The monoisotopic (exact) mass is 365 g/mol. The highest BCUT2D eigenvalue weighted by atomic mass is 32.2. The molecule has 6 nitrogen and oxygen atoms in total. The Balaban J connectivity index is 1.96. The number of rotatable bonds is 8. The van der Waals surface area contributed by atoms with Crippen LogP contribution in [0.4, 0.5) is 0 Å². The van der Waals surface area contributed by atoms with Crippen molar-refractivity contribution in [2.75, 3.05) is 12.4 Å². The van der Waals surface area contributed by atoms with Crippen LogP contribution in [0.3, 0.4) is 0 Å². The third-order valence-electron chi connectivity index (χ3n) is 3.64. The number of nitriles is 1. The zero-order valence-electron chi connectivity index (χ0n) is 14.5. The molecule has 3 aromatic rings. The molecule has 7 heteroatoms. The van der Waals surface area contributed by atoms with E-state index in [-0.39, 0.29) is 0 Å². The molecule has 0 spiro atoms. The van der Waals surface area contributed by atoms with Crippen LogP contribution in [0.5, 0.6) is 5.75 Å². The Hall–Kier alpha value is -2.85. The van der Waals surface area contributed by atoms with Crippen molar-refractivity contribution in [1.82, 2.24) is 19.7 Å². The lowest BCUT2D eigenvalue weighted by Crippen LogP contribution is -2.00. The van der Waals surface area contributed by atoms with Gasteiger partial charge in [0, 0.05) is 35.8 Å². The molecule has 1 aromatic carbocycles. The van der Waals surface area contributed by atoms with E-state index >= 15 is 0 Å². The summed E-state index contributed by atoms with van der Waals surface area (Å²) in [6.45, 7) is 2.60. The van der Waals surface area contributed by atoms with E-state index in [9.17, 15) is 0 Å². The fourth-order valence-corrected chi connectivity index (χ4v) is 3.35. The molecule has 26 heavy (non-hydrogen) atoms. The lowest BCUT2D eigenvalue weighted by Gasteiger charge is -2.11. The van der Waals surface area contributed by atoms with Gasteiger partial charge >= 0.3 is 0 Å². The number of unbranched alkanes of at least 4 members (excludes halogenated alkanes) is 1. The minimum atomic E-state index is 0.543. The predicted molar refractivity (Wildman–Crippen MR) is 101 cm³/mol. The van der Waals surface area contributed by atoms with Crippen molar-refractivity contribution in [2.24, 2.45) is 0 Å². The fraction of sp³-hybridized carbons (Fsp3) is 0.263. The highest BCUT2D eigenvalue weighted by molar-refractivity contribution is 7.99. The average Bonchev–Trinajstić information content (AvgIpc) is 3.11. The summed E-state index contributed by atoms with van der Waals surface area (Å²) in [7, 11) is 0. The molecular formula is C19H19N5OS. The first-order chi connectivity index (χ1) is 12.8. The van der Waals surface area contributed by atoms with Crippen LogP contribution >= 0.6 is 11.8 Å². The molecule has 0 aliphatic heterocycles. The van der Waals surface area contributed by atoms with Crippen LogP contribution in [0, 0.1) is 11.3 Å². The first kappa shape index (κ1) is 18.0. The van der Waals surface area contributed by atoms with Gasteiger partial charge in [-0.1, -0.05) is 11.8 Å². The van der Waals surface area contributed by atoms with E-state index in [0.717, 1.165) is 40.2 Å². The van der Waals surface area contributed by atoms with Crippen molar-refractivity contribution < 1.29 is 4.74 Å². The lowest BCUT2D eigenvalue weighted by molar-refractivity contribution is 0.340. The van der Waals surface area contributed by atoms with Crippen molar-refractivity contribution in [3.8, 4) is 28.9 Å². The second-order valence-corrected chi connectivity index (χ2v) is 6.48. The summed E-state index contributed by atoms with van der Waals surface area (Å²) < 4.78 is 7.56. The summed E-state index contributed by atoms with van der Waals surface area (Å²) in [4.78, 5) is 4.07. The summed E-state index contributed by atoms with van der Waals surface area (Å²) >= 11 is 1.60. The molecule has 132 valence electrons. The molecule has 0 amide bonds. The Bertz CT molecular complexity index is 871. The first-order valence-electron chi connectivity index (χ1n) is 8.42. The Morgan fingerprint density at radius 2 is 1.88 bits per heavy atom. The Kier molecular flexibility index (Phi) is 6.23. The third-order valence-corrected chi connectivity index (χ3v) is 4.66. The van der Waals surface area contributed by atoms with Gasteiger partial charge in [0.1, 0.15) is 5.75 Å². The Labute approximate surface area is 156 Å². The van der Waals surface area contributed by atoms with E-state index in [1.807, 2.05) is 47.9 Å². The van der Waals surface area contributed by atoms with E-state index in [0.29, 0.717) is 13.0 Å². The molecule has 0 fully saturated rings. The largest absolute Gasteiger partial charge is 0.494 e. The molecular weight excluding hydrogens is 346 g/mol. The van der Waals surface area contributed by atoms with Gasteiger partial charge < -0.3 is 4.74 Å². The lowest BCUT2D eigenvalue weighted by atomic mass is 10.2. The fourth-order valence-electron chi connectivity index (χ4n) is 2.46. The zero-order valence-corrected chi connectivity index (χ0v) is 15.3. The zero-order chi connectivity index (χ0) is 18.2. The highest BCUT2D eigenvalue weighted by Gasteiger charge is 2.16. The molecule has 0 radical (unpaired) electrons. The smallest absolute Gasteiger partial charge is 0.196 e. The molecule has 0 unspecified atom stereocenters. The molecule has 0 N–H and O–H groups in total. The van der Waals surface area contributed by atoms with Crippen LogP contribution in [-0.2, 0) is 0 Å². The van der Waals surface area contributed by atoms with Crippen LogP contribution in [0.1, 0.15) is 19.8 Å². The van der Waals surface area contributed by atoms with Crippen LogP contribution < -0.4 is 4.74 Å². The summed E-state index contributed by atoms with van der Waals surface area (Å²) in [6.07, 6.45) is 4.85. The van der Waals surface area contributed by atoms with Crippen LogP contribution in [0.25, 0.3) is 17.1 Å². The summed E-state index contributed by atoms with van der Waals surface area (Å²) in [6, 6.07) is 13.9. The first-order valence-corrected chi connectivity index (χ1v) is 9.41. The van der Waals surface area contributed by atoms with Gasteiger partial charge in [0.25, 0.3) is 0 Å². The molecule has 0 bridgehead atoms. The van der Waals surface area contributed by atoms with Crippen molar-refractivity contribution in [3.63, 3.8) is 0 Å². The minimum Gasteiger partial charge on any atom is -0.494 e. The van der Waals surface area contributed by atoms with Crippen molar-refractivity contribution in [1.29, 1.82) is 5.26 Å². The second-order valence-electron chi connectivity index (χ2n) is 5.41. The van der Waals surface area contributed by atoms with Gasteiger partial charge in [-0.3, -0.25) is 9.55 Å². The van der Waals surface area contributed by atoms with Gasteiger partial charge in [-0.25, -0.2) is 0 Å². The summed E-state index contributed by atoms with van der Waals surface area (Å²) in [5.41, 5.74) is 1.92. The van der Waals surface area contributed by atoms with Gasteiger partial charge in [-0.05, 0) is 49.7 Å². The van der Waals surface area contributed by atoms with Gasteiger partial charge in [0.05, 0.1) is 12.7 Å². The SMILES string of the molecule is CCOc1ccc(-n2c(SCCCC#N)nnc2-c2ccncc2)cc1. The number of thioether (sulfide) groups is 1. The highest BCUT2D eigenvalue weighted by Crippen LogP contribution is 2.29. The van der Waals surface area contributed by atoms with Crippen LogP contribution in [0.2, 0.25) is 0 Å². The number of hydrogen-bond donors (Lipinski definition) is 0. The van der Waals surface area contributed by atoms with Gasteiger partial charge in [0.15, 0.2) is 11.0 Å². The van der Waals surface area contributed by atoms with E-state index in [1.54, 1.807) is 24.2 Å². The predicted octanol–water partition coefficient (Wildman–Crippen LogP) is 4.12. The van der Waals surface area contributed by atoms with E-state index in [4.69, 9.17) is 10.00 Å². The van der Waals surface area contributed by atoms with Crippen molar-refractivity contribution in [3.05, 3.63) is 48.8 Å². The Morgan fingerprint density at radius 3 is 2.58 bits per heavy atom. The number of nitrogens with zero attached hydrogens (tertiary/aromatic N) is 5. The van der Waals surface area contributed by atoms with Crippen molar-refractivity contribution >= 4 is 11.8 Å². The van der Waals surface area contributed by atoms with Crippen LogP contribution in [0.15, 0.2) is 53.9 Å². The maximum absolute atomic E-state index is 8.71. The normalized spacial score (nSPS) is 10.5. The number of aromatic nitrogens is 4. The van der Waals surface area contributed by atoms with Crippen LogP contribution in [-0.4, -0.2) is 32.1 Å².